The van der Waals surface area contributed by atoms with Gasteiger partial charge in [-0.15, -0.1) is 0 Å². The molecule has 25 heteroatoms. The van der Waals surface area contributed by atoms with E-state index in [2.05, 4.69) is 20.8 Å². The van der Waals surface area contributed by atoms with Crippen LogP contribution in [0.4, 0.5) is 0 Å². The minimum Gasteiger partial charge on any atom is -0.463 e. The fraction of sp³-hybridized carbons (Fsp3) is 0.961. The van der Waals surface area contributed by atoms with Gasteiger partial charge in [-0.2, -0.15) is 0 Å². The largest absolute Gasteiger partial charge is 0.472 e. The summed E-state index contributed by atoms with van der Waals surface area (Å²) in [4.78, 5) is 51.1. The standard InChI is InChI=1S/C76H143O24P/c1-4-7-10-13-16-19-22-25-27-29-31-33-36-38-41-44-47-50-60(78)92-54-57(95-62(80)52-49-46-43-40-37-34-30-28-26-23-20-17-14-11-8-5-2)55-94-101(90,91)100-74-72(98-75-70(88)65(83)63(81)58(53-77)96-75)68(86)67(85)69(87)73(74)99-76-71(89)66(84)64(82)59(97-76)56-93-61(79)51-48-45-42-39-35-32-24-21-18-15-12-9-6-3/h57-59,63-77,81-89H,4-56H2,1-3H3,(H,90,91). The number of esters is 3. The summed E-state index contributed by atoms with van der Waals surface area (Å²) in [6.07, 6.45) is 17.1. The van der Waals surface area contributed by atoms with Crippen molar-refractivity contribution in [2.24, 2.45) is 0 Å². The first kappa shape index (κ1) is 93.2. The molecule has 596 valence electrons. The second kappa shape index (κ2) is 58.0. The van der Waals surface area contributed by atoms with Crippen LogP contribution in [0.25, 0.3) is 0 Å². The predicted octanol–water partition coefficient (Wildman–Crippen LogP) is 12.1. The van der Waals surface area contributed by atoms with Gasteiger partial charge in [0, 0.05) is 19.3 Å². The highest BCUT2D eigenvalue weighted by Gasteiger charge is 2.58. The number of ether oxygens (including phenoxy) is 7. The zero-order valence-corrected chi connectivity index (χ0v) is 63.4. The average molecular weight is 1470 g/mol. The van der Waals surface area contributed by atoms with E-state index >= 15 is 0 Å². The van der Waals surface area contributed by atoms with Gasteiger partial charge in [-0.05, 0) is 19.3 Å². The highest BCUT2D eigenvalue weighted by Crippen LogP contribution is 2.49. The number of carbonyl (C=O) groups excluding carboxylic acids is 3. The van der Waals surface area contributed by atoms with Crippen LogP contribution in [0.5, 0.6) is 0 Å². The van der Waals surface area contributed by atoms with Gasteiger partial charge in [0.2, 0.25) is 0 Å². The van der Waals surface area contributed by atoms with E-state index in [1.165, 1.54) is 186 Å². The fourth-order valence-electron chi connectivity index (χ4n) is 13.6. The Morgan fingerprint density at radius 1 is 0.347 bits per heavy atom. The number of rotatable bonds is 64. The lowest BCUT2D eigenvalue weighted by Gasteiger charge is -2.49. The lowest BCUT2D eigenvalue weighted by Crippen LogP contribution is -2.69. The van der Waals surface area contributed by atoms with Gasteiger partial charge < -0.3 is 89.1 Å². The van der Waals surface area contributed by atoms with Crippen LogP contribution in [-0.2, 0) is 61.2 Å². The van der Waals surface area contributed by atoms with Gasteiger partial charge in [0.1, 0.15) is 98.7 Å². The van der Waals surface area contributed by atoms with E-state index in [-0.39, 0.29) is 19.3 Å². The second-order valence-corrected chi connectivity index (χ2v) is 30.6. The molecule has 2 aliphatic heterocycles. The van der Waals surface area contributed by atoms with Gasteiger partial charge in [-0.25, -0.2) is 4.57 Å². The molecule has 0 bridgehead atoms. The molecule has 3 aliphatic rings. The zero-order chi connectivity index (χ0) is 73.9. The minimum atomic E-state index is -5.69. The van der Waals surface area contributed by atoms with E-state index in [1.807, 2.05) is 0 Å². The molecule has 0 amide bonds. The number of aliphatic hydroxyl groups excluding tert-OH is 10. The van der Waals surface area contributed by atoms with Crippen molar-refractivity contribution in [3.05, 3.63) is 0 Å². The van der Waals surface area contributed by atoms with Crippen molar-refractivity contribution in [1.82, 2.24) is 0 Å². The van der Waals surface area contributed by atoms with Crippen molar-refractivity contribution in [3.8, 4) is 0 Å². The Bertz CT molecular complexity index is 2080. The third kappa shape index (κ3) is 40.7. The molecular formula is C76H143O24P. The van der Waals surface area contributed by atoms with Gasteiger partial charge in [0.15, 0.2) is 18.7 Å². The van der Waals surface area contributed by atoms with Crippen LogP contribution in [0.3, 0.4) is 0 Å². The van der Waals surface area contributed by atoms with Crippen molar-refractivity contribution in [2.75, 3.05) is 26.4 Å². The number of aliphatic hydroxyl groups is 10. The molecule has 2 heterocycles. The summed E-state index contributed by atoms with van der Waals surface area (Å²) in [6, 6.07) is 0. The molecule has 18 atom stereocenters. The molecule has 11 N–H and O–H groups in total. The molecule has 2 saturated heterocycles. The van der Waals surface area contributed by atoms with E-state index in [0.717, 1.165) is 89.9 Å². The Kier molecular flexibility index (Phi) is 53.5. The van der Waals surface area contributed by atoms with Crippen molar-refractivity contribution in [1.29, 1.82) is 0 Å². The van der Waals surface area contributed by atoms with E-state index < -0.39 is 156 Å². The Morgan fingerprint density at radius 2 is 0.634 bits per heavy atom. The molecule has 0 spiro atoms. The summed E-state index contributed by atoms with van der Waals surface area (Å²) < 4.78 is 65.2. The van der Waals surface area contributed by atoms with Crippen LogP contribution in [0.15, 0.2) is 0 Å². The molecule has 24 nitrogen and oxygen atoms in total. The maximum absolute atomic E-state index is 14.4. The quantitative estimate of drug-likeness (QED) is 0.0117. The maximum atomic E-state index is 14.4. The molecule has 0 aromatic carbocycles. The van der Waals surface area contributed by atoms with Gasteiger partial charge in [-0.1, -0.05) is 297 Å². The number of hydrogen-bond donors (Lipinski definition) is 11. The number of phosphoric ester groups is 1. The Hall–Kier alpha value is -2.04. The van der Waals surface area contributed by atoms with Gasteiger partial charge in [-0.3, -0.25) is 23.4 Å². The third-order valence-electron chi connectivity index (χ3n) is 20.1. The molecule has 18 unspecified atom stereocenters. The summed E-state index contributed by atoms with van der Waals surface area (Å²) >= 11 is 0. The van der Waals surface area contributed by atoms with Gasteiger partial charge >= 0.3 is 25.7 Å². The van der Waals surface area contributed by atoms with Crippen LogP contribution in [0.2, 0.25) is 0 Å². The van der Waals surface area contributed by atoms with Crippen LogP contribution >= 0.6 is 7.82 Å². The topological polar surface area (TPSA) is 374 Å². The molecular weight excluding hydrogens is 1330 g/mol. The SMILES string of the molecule is CCCCCCCCCCCCCCCCCCCC(=O)OCC(COP(=O)(O)OC1C(OC2OC(CO)C(O)C(O)C2O)C(O)C(O)C(O)C1OC1OC(COC(=O)CCCCCCCCCCCCCCC)C(O)C(O)C1O)OC(=O)CCCCCCCCCCCCCCCCCC. The van der Waals surface area contributed by atoms with E-state index in [4.69, 9.17) is 42.2 Å². The van der Waals surface area contributed by atoms with Crippen LogP contribution in [0.1, 0.15) is 335 Å². The first-order valence-corrected chi connectivity index (χ1v) is 41.8. The first-order valence-electron chi connectivity index (χ1n) is 40.3. The van der Waals surface area contributed by atoms with E-state index in [9.17, 15) is 74.9 Å². The van der Waals surface area contributed by atoms with Crippen molar-refractivity contribution >= 4 is 25.7 Å². The number of unbranched alkanes of at least 4 members (excludes halogenated alkanes) is 43. The summed E-state index contributed by atoms with van der Waals surface area (Å²) in [6.45, 7) is 3.50. The zero-order valence-electron chi connectivity index (χ0n) is 62.5. The number of carbonyl (C=O) groups is 3. The summed E-state index contributed by atoms with van der Waals surface area (Å²) in [5, 5.41) is 110. The minimum absolute atomic E-state index is 0.0325. The third-order valence-corrected chi connectivity index (χ3v) is 21.1. The number of phosphoric acid groups is 1. The molecule has 1 aliphatic carbocycles. The van der Waals surface area contributed by atoms with Crippen LogP contribution in [0, 0.1) is 0 Å². The number of hydrogen-bond acceptors (Lipinski definition) is 23. The normalized spacial score (nSPS) is 27.1. The van der Waals surface area contributed by atoms with Gasteiger partial charge in [0.25, 0.3) is 0 Å². The molecule has 0 aromatic heterocycles. The van der Waals surface area contributed by atoms with Crippen molar-refractivity contribution in [3.63, 3.8) is 0 Å². The van der Waals surface area contributed by atoms with Crippen molar-refractivity contribution < 1.29 is 117 Å². The fourth-order valence-corrected chi connectivity index (χ4v) is 14.5. The summed E-state index contributed by atoms with van der Waals surface area (Å²) in [7, 11) is -5.69. The Balaban J connectivity index is 1.71. The first-order chi connectivity index (χ1) is 48.8. The van der Waals surface area contributed by atoms with E-state index in [1.54, 1.807) is 0 Å². The Labute approximate surface area is 606 Å². The maximum Gasteiger partial charge on any atom is 0.472 e. The Morgan fingerprint density at radius 3 is 0.970 bits per heavy atom. The average Bonchev–Trinajstić information content (AvgIpc) is 0.761. The molecule has 0 radical (unpaired) electrons. The lowest BCUT2D eigenvalue weighted by atomic mass is 9.84. The van der Waals surface area contributed by atoms with Crippen LogP contribution in [-0.4, -0.2) is 204 Å². The van der Waals surface area contributed by atoms with Crippen LogP contribution < -0.4 is 0 Å². The highest BCUT2D eigenvalue weighted by atomic mass is 31.2. The van der Waals surface area contributed by atoms with E-state index in [0.29, 0.717) is 19.3 Å². The summed E-state index contributed by atoms with van der Waals surface area (Å²) in [5.41, 5.74) is 0. The molecule has 3 fully saturated rings. The smallest absolute Gasteiger partial charge is 0.463 e. The highest BCUT2D eigenvalue weighted by molar-refractivity contribution is 7.47. The molecule has 1 saturated carbocycles. The predicted molar refractivity (Wildman–Crippen MR) is 384 cm³/mol. The second-order valence-electron chi connectivity index (χ2n) is 29.2. The molecule has 0 aromatic rings. The summed E-state index contributed by atoms with van der Waals surface area (Å²) in [5.74, 6) is -1.97. The molecule has 101 heavy (non-hydrogen) atoms. The lowest BCUT2D eigenvalue weighted by molar-refractivity contribution is -0.360. The monoisotopic (exact) mass is 1470 g/mol. The molecule has 3 rings (SSSR count). The van der Waals surface area contributed by atoms with Crippen molar-refractivity contribution in [2.45, 2.75) is 440 Å². The van der Waals surface area contributed by atoms with Gasteiger partial charge in [0.05, 0.1) is 13.2 Å².